The van der Waals surface area contributed by atoms with Crippen LogP contribution in [0.1, 0.15) is 0 Å². The van der Waals surface area contributed by atoms with Crippen LogP contribution in [0.2, 0.25) is 0 Å². The summed E-state index contributed by atoms with van der Waals surface area (Å²) in [6.07, 6.45) is 0. The molecule has 1 heteroatoms. The first-order valence-electron chi connectivity index (χ1n) is 18.3. The third kappa shape index (κ3) is 5.42. The average molecular weight is 674 g/mol. The Labute approximate surface area is 309 Å². The minimum atomic E-state index is 1.10. The van der Waals surface area contributed by atoms with E-state index in [4.69, 9.17) is 0 Å². The molecule has 0 bridgehead atoms. The van der Waals surface area contributed by atoms with Crippen molar-refractivity contribution in [2.45, 2.75) is 0 Å². The number of hydrogen-bond acceptors (Lipinski definition) is 1. The average Bonchev–Trinajstić information content (AvgIpc) is 3.24. The van der Waals surface area contributed by atoms with E-state index >= 15 is 0 Å². The third-order valence-corrected chi connectivity index (χ3v) is 10.6. The van der Waals surface area contributed by atoms with Crippen molar-refractivity contribution in [3.63, 3.8) is 0 Å². The molecule has 0 unspecified atom stereocenters. The van der Waals surface area contributed by atoms with Gasteiger partial charge in [0.1, 0.15) is 0 Å². The van der Waals surface area contributed by atoms with E-state index in [2.05, 4.69) is 217 Å². The highest BCUT2D eigenvalue weighted by Gasteiger charge is 2.23. The summed E-state index contributed by atoms with van der Waals surface area (Å²) < 4.78 is 0. The number of fused-ring (bicyclic) bond motifs is 5. The predicted octanol–water partition coefficient (Wildman–Crippen LogP) is 14.8. The second-order valence-electron chi connectivity index (χ2n) is 13.7. The van der Waals surface area contributed by atoms with Gasteiger partial charge in [-0.15, -0.1) is 0 Å². The molecule has 0 aliphatic heterocycles. The molecule has 0 aromatic heterocycles. The molecule has 0 saturated carbocycles. The summed E-state index contributed by atoms with van der Waals surface area (Å²) in [6.45, 7) is 0. The molecule has 10 aromatic rings. The fourth-order valence-corrected chi connectivity index (χ4v) is 8.13. The first-order valence-corrected chi connectivity index (χ1v) is 18.3. The molecule has 0 radical (unpaired) electrons. The number of anilines is 3. The van der Waals surface area contributed by atoms with Crippen LogP contribution in [-0.2, 0) is 0 Å². The molecule has 0 heterocycles. The Hall–Kier alpha value is -6.96. The molecule has 10 aromatic carbocycles. The SMILES string of the molecule is c1ccc(-c2ccc(N(c3ccc4ccccc4c3)c3cccc(-c4cc5ccccc5c5ccccc45)c3-c3cccc4ccccc34)cc2)cc1. The van der Waals surface area contributed by atoms with Gasteiger partial charge in [0, 0.05) is 16.9 Å². The van der Waals surface area contributed by atoms with Crippen molar-refractivity contribution in [2.24, 2.45) is 0 Å². The summed E-state index contributed by atoms with van der Waals surface area (Å²) in [5.74, 6) is 0. The maximum atomic E-state index is 2.45. The van der Waals surface area contributed by atoms with E-state index in [1.807, 2.05) is 0 Å². The summed E-state index contributed by atoms with van der Waals surface area (Å²) >= 11 is 0. The zero-order valence-electron chi connectivity index (χ0n) is 29.2. The molecule has 1 nitrogen and oxygen atoms in total. The van der Waals surface area contributed by atoms with Crippen molar-refractivity contribution >= 4 is 60.2 Å². The van der Waals surface area contributed by atoms with Crippen LogP contribution in [0.5, 0.6) is 0 Å². The molecular formula is C52H35N. The van der Waals surface area contributed by atoms with E-state index in [0.717, 1.165) is 17.1 Å². The van der Waals surface area contributed by atoms with Crippen LogP contribution in [0.4, 0.5) is 17.1 Å². The molecule has 0 N–H and O–H groups in total. The summed E-state index contributed by atoms with van der Waals surface area (Å²) in [7, 11) is 0. The Morgan fingerprint density at radius 1 is 0.264 bits per heavy atom. The topological polar surface area (TPSA) is 3.24 Å². The number of rotatable bonds is 6. The first-order chi connectivity index (χ1) is 26.3. The summed E-state index contributed by atoms with van der Waals surface area (Å²) in [5, 5.41) is 9.89. The van der Waals surface area contributed by atoms with E-state index in [1.165, 1.54) is 76.5 Å². The number of hydrogen-bond donors (Lipinski definition) is 0. The lowest BCUT2D eigenvalue weighted by Crippen LogP contribution is -2.12. The van der Waals surface area contributed by atoms with Crippen LogP contribution < -0.4 is 4.90 Å². The second kappa shape index (κ2) is 13.0. The fraction of sp³-hybridized carbons (Fsp3) is 0. The van der Waals surface area contributed by atoms with Gasteiger partial charge in [-0.1, -0.05) is 176 Å². The minimum absolute atomic E-state index is 1.10. The van der Waals surface area contributed by atoms with Crippen LogP contribution in [0.25, 0.3) is 76.5 Å². The number of nitrogens with zero attached hydrogens (tertiary/aromatic N) is 1. The lowest BCUT2D eigenvalue weighted by atomic mass is 9.86. The molecule has 0 atom stereocenters. The largest absolute Gasteiger partial charge is 0.310 e. The zero-order chi connectivity index (χ0) is 35.1. The van der Waals surface area contributed by atoms with E-state index < -0.39 is 0 Å². The van der Waals surface area contributed by atoms with Gasteiger partial charge in [-0.05, 0) is 107 Å². The van der Waals surface area contributed by atoms with Crippen LogP contribution in [0, 0.1) is 0 Å². The van der Waals surface area contributed by atoms with Crippen LogP contribution in [0.15, 0.2) is 212 Å². The maximum Gasteiger partial charge on any atom is 0.0546 e. The minimum Gasteiger partial charge on any atom is -0.310 e. The van der Waals surface area contributed by atoms with Crippen molar-refractivity contribution < 1.29 is 0 Å². The lowest BCUT2D eigenvalue weighted by molar-refractivity contribution is 1.29. The van der Waals surface area contributed by atoms with Gasteiger partial charge >= 0.3 is 0 Å². The van der Waals surface area contributed by atoms with Gasteiger partial charge in [-0.2, -0.15) is 0 Å². The van der Waals surface area contributed by atoms with Gasteiger partial charge in [0.05, 0.1) is 5.69 Å². The second-order valence-corrected chi connectivity index (χ2v) is 13.7. The predicted molar refractivity (Wildman–Crippen MR) is 227 cm³/mol. The highest BCUT2D eigenvalue weighted by molar-refractivity contribution is 6.17. The van der Waals surface area contributed by atoms with E-state index in [1.54, 1.807) is 0 Å². The molecule has 0 saturated heterocycles. The van der Waals surface area contributed by atoms with Crippen molar-refractivity contribution in [3.05, 3.63) is 212 Å². The standard InChI is InChI=1S/C52H35N/c1-2-14-36(15-3-1)38-28-31-42(32-29-38)53(43-33-30-37-16-4-5-18-40(37)34-43)51-27-13-26-49(52(51)48-25-12-20-39-17-6-8-21-44(39)48)50-35-41-19-7-9-22-45(41)46-23-10-11-24-47(46)50/h1-35H. The highest BCUT2D eigenvalue weighted by Crippen LogP contribution is 2.49. The monoisotopic (exact) mass is 673 g/mol. The van der Waals surface area contributed by atoms with Crippen LogP contribution in [-0.4, -0.2) is 0 Å². The fourth-order valence-electron chi connectivity index (χ4n) is 8.13. The third-order valence-electron chi connectivity index (χ3n) is 10.6. The van der Waals surface area contributed by atoms with Gasteiger partial charge in [0.25, 0.3) is 0 Å². The van der Waals surface area contributed by atoms with Crippen LogP contribution >= 0.6 is 0 Å². The van der Waals surface area contributed by atoms with E-state index in [0.29, 0.717) is 0 Å². The Bertz CT molecular complexity index is 2940. The van der Waals surface area contributed by atoms with Gasteiger partial charge in [-0.25, -0.2) is 0 Å². The Kier molecular flexibility index (Phi) is 7.55. The van der Waals surface area contributed by atoms with Crippen molar-refractivity contribution in [2.75, 3.05) is 4.90 Å². The maximum absolute atomic E-state index is 2.45. The van der Waals surface area contributed by atoms with Crippen LogP contribution in [0.3, 0.4) is 0 Å². The molecule has 53 heavy (non-hydrogen) atoms. The summed E-state index contributed by atoms with van der Waals surface area (Å²) in [6, 6.07) is 77.4. The molecule has 0 spiro atoms. The van der Waals surface area contributed by atoms with Gasteiger partial charge in [-0.3, -0.25) is 0 Å². The van der Waals surface area contributed by atoms with Crippen molar-refractivity contribution in [1.29, 1.82) is 0 Å². The number of benzene rings is 10. The first kappa shape index (κ1) is 30.8. The molecular weight excluding hydrogens is 639 g/mol. The lowest BCUT2D eigenvalue weighted by Gasteiger charge is -2.30. The Morgan fingerprint density at radius 3 is 1.64 bits per heavy atom. The molecule has 0 amide bonds. The summed E-state index contributed by atoms with van der Waals surface area (Å²) in [5.41, 5.74) is 10.6. The highest BCUT2D eigenvalue weighted by atomic mass is 15.1. The van der Waals surface area contributed by atoms with Gasteiger partial charge in [0.15, 0.2) is 0 Å². The normalized spacial score (nSPS) is 11.4. The molecule has 10 rings (SSSR count). The quantitative estimate of drug-likeness (QED) is 0.159. The molecule has 248 valence electrons. The van der Waals surface area contributed by atoms with Gasteiger partial charge in [0.2, 0.25) is 0 Å². The Balaban J connectivity index is 1.30. The molecule has 0 aliphatic carbocycles. The van der Waals surface area contributed by atoms with Crippen molar-refractivity contribution in [3.8, 4) is 33.4 Å². The molecule has 0 fully saturated rings. The zero-order valence-corrected chi connectivity index (χ0v) is 29.2. The Morgan fingerprint density at radius 2 is 0.830 bits per heavy atom. The van der Waals surface area contributed by atoms with E-state index in [9.17, 15) is 0 Å². The van der Waals surface area contributed by atoms with E-state index in [-0.39, 0.29) is 0 Å². The molecule has 0 aliphatic rings. The van der Waals surface area contributed by atoms with Crippen molar-refractivity contribution in [1.82, 2.24) is 0 Å². The smallest absolute Gasteiger partial charge is 0.0546 e. The van der Waals surface area contributed by atoms with Gasteiger partial charge < -0.3 is 4.90 Å². The summed E-state index contributed by atoms with van der Waals surface area (Å²) in [4.78, 5) is 2.45.